The van der Waals surface area contributed by atoms with E-state index in [9.17, 15) is 4.79 Å². The first-order valence-electron chi connectivity index (χ1n) is 16.0. The van der Waals surface area contributed by atoms with Gasteiger partial charge in [-0.1, -0.05) is 45.4 Å². The van der Waals surface area contributed by atoms with Crippen LogP contribution in [0.1, 0.15) is 137 Å². The molecule has 38 heavy (non-hydrogen) atoms. The van der Waals surface area contributed by atoms with Crippen LogP contribution in [0.5, 0.6) is 0 Å². The van der Waals surface area contributed by atoms with Gasteiger partial charge in [-0.2, -0.15) is 0 Å². The first kappa shape index (κ1) is 33.3. The molecule has 1 N–H and O–H groups in total. The van der Waals surface area contributed by atoms with E-state index in [2.05, 4.69) is 75.3 Å². The maximum absolute atomic E-state index is 13.2. The molecule has 0 aromatic heterocycles. The fraction of sp³-hybridized carbons (Fsp3) is 0.676. The standard InChI is InChI=1S/C18H37NO.C9H13.C7H9Si.Ti/c1-2-3-4-5-6-7-8-9-10-11-12-13-14-15-16-17-18(19)20;1-6-5-7(2)9(4)8(6)3;1-8-7-5-3-2-4-6-7;/h2-17H2,1H3,(H2,19,20);6H,1-4H3;2-6,8H,1H3;/q;;;+1/p-1. The van der Waals surface area contributed by atoms with E-state index in [0.29, 0.717) is 18.2 Å². The van der Waals surface area contributed by atoms with E-state index >= 15 is 0 Å². The quantitative estimate of drug-likeness (QED) is 0.122. The van der Waals surface area contributed by atoms with Gasteiger partial charge in [-0.25, -0.2) is 0 Å². The Morgan fingerprint density at radius 3 is 1.68 bits per heavy atom. The van der Waals surface area contributed by atoms with Gasteiger partial charge in [0.15, 0.2) is 0 Å². The van der Waals surface area contributed by atoms with Gasteiger partial charge in [-0.05, 0) is 0 Å². The van der Waals surface area contributed by atoms with Gasteiger partial charge in [0.2, 0.25) is 0 Å². The molecule has 2 nitrogen and oxygen atoms in total. The van der Waals surface area contributed by atoms with E-state index in [1.807, 2.05) is 0 Å². The molecule has 0 radical (unpaired) electrons. The molecule has 4 heteroatoms. The van der Waals surface area contributed by atoms with Crippen molar-refractivity contribution in [2.45, 2.75) is 144 Å². The van der Waals surface area contributed by atoms with E-state index in [0.717, 1.165) is 6.42 Å². The van der Waals surface area contributed by atoms with Crippen LogP contribution in [-0.2, 0) is 22.2 Å². The molecule has 2 rings (SSSR count). The number of amides is 1. The van der Waals surface area contributed by atoms with Crippen molar-refractivity contribution >= 4 is 17.8 Å². The van der Waals surface area contributed by atoms with Crippen molar-refractivity contribution in [3.05, 3.63) is 50.9 Å². The van der Waals surface area contributed by atoms with Crippen molar-refractivity contribution in [1.29, 1.82) is 0 Å². The molecule has 0 bridgehead atoms. The van der Waals surface area contributed by atoms with Crippen LogP contribution in [0.25, 0.3) is 0 Å². The van der Waals surface area contributed by atoms with Crippen LogP contribution in [0, 0.1) is 5.92 Å². The zero-order chi connectivity index (χ0) is 27.8. The Hall–Kier alpha value is -0.899. The minimum absolute atomic E-state index is 0.319. The molecule has 0 heterocycles. The summed E-state index contributed by atoms with van der Waals surface area (Å²) in [7, 11) is 0. The SMILES string of the molecule is CCCCCCCCCCCCCCCCCC(=O)[NH][Ti]([C]1=C(C)C(C)=C(C)C1C)[SiH](C)c1ccccc1. The van der Waals surface area contributed by atoms with E-state index in [1.165, 1.54) is 112 Å². The molecule has 0 saturated carbocycles. The van der Waals surface area contributed by atoms with Crippen LogP contribution in [0.4, 0.5) is 0 Å². The molecule has 0 fully saturated rings. The number of rotatable bonds is 20. The Bertz CT molecular complexity index is 878. The molecule has 0 spiro atoms. The summed E-state index contributed by atoms with van der Waals surface area (Å²) in [6, 6.07) is 11.0. The number of nitrogens with one attached hydrogen (secondary N) is 1. The molecule has 213 valence electrons. The number of hydrogen-bond acceptors (Lipinski definition) is 1. The number of benzene rings is 1. The zero-order valence-corrected chi connectivity index (χ0v) is 28.5. The normalized spacial score (nSPS) is 16.3. The molecule has 2 atom stereocenters. The third kappa shape index (κ3) is 11.3. The van der Waals surface area contributed by atoms with Crippen LogP contribution >= 0.6 is 0 Å². The first-order chi connectivity index (χ1) is 18.4. The monoisotopic (exact) mass is 572 g/mol. The summed E-state index contributed by atoms with van der Waals surface area (Å²) in [6.45, 7) is 12.8. The second-order valence-corrected chi connectivity index (χ2v) is 22.9. The summed E-state index contributed by atoms with van der Waals surface area (Å²) >= 11 is -1.93. The first-order valence-corrected chi connectivity index (χ1v) is 22.6. The van der Waals surface area contributed by atoms with Gasteiger partial charge in [0.1, 0.15) is 0 Å². The topological polar surface area (TPSA) is 29.1 Å². The summed E-state index contributed by atoms with van der Waals surface area (Å²) < 4.78 is 5.35. The molecule has 1 aromatic carbocycles. The predicted octanol–water partition coefficient (Wildman–Crippen LogP) is 9.42. The molecule has 1 aliphatic carbocycles. The molecule has 1 aliphatic rings. The van der Waals surface area contributed by atoms with Crippen LogP contribution in [0.2, 0.25) is 6.55 Å². The van der Waals surface area contributed by atoms with Gasteiger partial charge in [0.25, 0.3) is 0 Å². The van der Waals surface area contributed by atoms with Crippen LogP contribution in [-0.4, -0.2) is 12.6 Å². The summed E-state index contributed by atoms with van der Waals surface area (Å²) in [4.78, 5) is 13.2. The van der Waals surface area contributed by atoms with Gasteiger partial charge in [0.05, 0.1) is 0 Å². The van der Waals surface area contributed by atoms with Crippen molar-refractivity contribution in [3.8, 4) is 0 Å². The van der Waals surface area contributed by atoms with Gasteiger partial charge < -0.3 is 0 Å². The zero-order valence-electron chi connectivity index (χ0n) is 25.8. The Morgan fingerprint density at radius 2 is 1.24 bits per heavy atom. The molecular weight excluding hydrogens is 514 g/mol. The third-order valence-electron chi connectivity index (χ3n) is 8.94. The second kappa shape index (κ2) is 19.2. The Morgan fingerprint density at radius 1 is 0.763 bits per heavy atom. The second-order valence-electron chi connectivity index (χ2n) is 11.9. The van der Waals surface area contributed by atoms with Crippen molar-refractivity contribution in [1.82, 2.24) is 3.80 Å². The van der Waals surface area contributed by atoms with Crippen molar-refractivity contribution < 1.29 is 22.2 Å². The van der Waals surface area contributed by atoms with Crippen LogP contribution < -0.4 is 8.99 Å². The average molecular weight is 573 g/mol. The van der Waals surface area contributed by atoms with Gasteiger partial charge in [-0.15, -0.1) is 0 Å². The fourth-order valence-electron chi connectivity index (χ4n) is 5.99. The number of carbonyl (C=O) groups is 1. The summed E-state index contributed by atoms with van der Waals surface area (Å²) in [5, 5.41) is 1.50. The Kier molecular flexibility index (Phi) is 16.9. The average Bonchev–Trinajstić information content (AvgIpc) is 3.11. The van der Waals surface area contributed by atoms with E-state index < -0.39 is 24.0 Å². The molecule has 1 aromatic rings. The van der Waals surface area contributed by atoms with Crippen molar-refractivity contribution in [3.63, 3.8) is 0 Å². The summed E-state index contributed by atoms with van der Waals surface area (Å²) in [5.74, 6) is 0.814. The van der Waals surface area contributed by atoms with Gasteiger partial charge in [0, 0.05) is 0 Å². The van der Waals surface area contributed by atoms with Crippen LogP contribution in [0.3, 0.4) is 0 Å². The third-order valence-corrected chi connectivity index (χ3v) is 21.7. The van der Waals surface area contributed by atoms with Gasteiger partial charge >= 0.3 is 199 Å². The fourth-order valence-corrected chi connectivity index (χ4v) is 18.9. The number of hydrogen-bond donors (Lipinski definition) is 1. The molecule has 0 saturated heterocycles. The molecule has 1 amide bonds. The maximum atomic E-state index is 13.2. The molecule has 2 unspecified atom stereocenters. The summed E-state index contributed by atoms with van der Waals surface area (Å²) in [6.07, 6.45) is 21.1. The predicted molar refractivity (Wildman–Crippen MR) is 167 cm³/mol. The van der Waals surface area contributed by atoms with Crippen LogP contribution in [0.15, 0.2) is 50.9 Å². The van der Waals surface area contributed by atoms with E-state index in [1.54, 1.807) is 3.88 Å². The number of allylic oxidation sites excluding steroid dienone is 4. The van der Waals surface area contributed by atoms with Gasteiger partial charge in [-0.3, -0.25) is 0 Å². The number of unbranched alkanes of at least 4 members (excludes halogenated alkanes) is 14. The van der Waals surface area contributed by atoms with Crippen molar-refractivity contribution in [2.24, 2.45) is 5.92 Å². The number of carbonyl (C=O) groups excluding carboxylic acids is 1. The van der Waals surface area contributed by atoms with Crippen molar-refractivity contribution in [2.75, 3.05) is 0 Å². The minimum atomic E-state index is -1.93. The van der Waals surface area contributed by atoms with E-state index in [-0.39, 0.29) is 0 Å². The Balaban J connectivity index is 1.68. The molecular formula is C34H58NOSiTi. The summed E-state index contributed by atoms with van der Waals surface area (Å²) in [5.41, 5.74) is 4.45. The van der Waals surface area contributed by atoms with E-state index in [4.69, 9.17) is 0 Å². The Labute approximate surface area is 243 Å². The molecule has 0 aliphatic heterocycles.